The number of carbonyl (C=O) groups excluding carboxylic acids is 2. The van der Waals surface area contributed by atoms with Gasteiger partial charge in [-0.15, -0.1) is 0 Å². The number of nitrogens with one attached hydrogen (secondary N) is 1. The number of nitrogens with zero attached hydrogens (tertiary/aromatic N) is 2. The summed E-state index contributed by atoms with van der Waals surface area (Å²) in [4.78, 5) is 29.4. The second-order valence-electron chi connectivity index (χ2n) is 7.46. The molecule has 1 fully saturated rings. The van der Waals surface area contributed by atoms with E-state index in [0.717, 1.165) is 24.9 Å². The van der Waals surface area contributed by atoms with Gasteiger partial charge in [-0.1, -0.05) is 24.3 Å². The summed E-state index contributed by atoms with van der Waals surface area (Å²) < 4.78 is 0. The lowest BCUT2D eigenvalue weighted by Crippen LogP contribution is -2.59. The zero-order valence-corrected chi connectivity index (χ0v) is 16.4. The number of rotatable bonds is 5. The highest BCUT2D eigenvalue weighted by atomic mass is 32.1. The molecule has 27 heavy (non-hydrogen) atoms. The molecule has 0 bridgehead atoms. The molecule has 2 aromatic rings. The molecule has 1 aromatic carbocycles. The molecule has 2 aliphatic rings. The van der Waals surface area contributed by atoms with E-state index < -0.39 is 0 Å². The zero-order chi connectivity index (χ0) is 18.8. The third-order valence-electron chi connectivity index (χ3n) is 5.66. The van der Waals surface area contributed by atoms with Crippen LogP contribution in [-0.2, 0) is 29.0 Å². The van der Waals surface area contributed by atoms with E-state index in [1.54, 1.807) is 16.2 Å². The molecule has 0 unspecified atom stereocenters. The van der Waals surface area contributed by atoms with E-state index in [0.29, 0.717) is 19.1 Å². The molecule has 142 valence electrons. The number of hydrogen-bond donors (Lipinski definition) is 1. The highest BCUT2D eigenvalue weighted by Crippen LogP contribution is 2.28. The molecule has 1 saturated heterocycles. The van der Waals surface area contributed by atoms with Gasteiger partial charge in [-0.3, -0.25) is 14.5 Å². The Morgan fingerprint density at radius 2 is 2.00 bits per heavy atom. The fourth-order valence-electron chi connectivity index (χ4n) is 4.22. The van der Waals surface area contributed by atoms with Gasteiger partial charge in [-0.25, -0.2) is 0 Å². The molecule has 0 spiro atoms. The van der Waals surface area contributed by atoms with Crippen LogP contribution in [0.5, 0.6) is 0 Å². The van der Waals surface area contributed by atoms with E-state index in [2.05, 4.69) is 39.9 Å². The fraction of sp³-hybridized carbons (Fsp3) is 0.429. The van der Waals surface area contributed by atoms with Crippen molar-refractivity contribution in [3.05, 3.63) is 57.8 Å². The number of piperazine rings is 1. The first-order chi connectivity index (χ1) is 13.1. The zero-order valence-electron chi connectivity index (χ0n) is 15.6. The van der Waals surface area contributed by atoms with Gasteiger partial charge in [0.1, 0.15) is 0 Å². The largest absolute Gasteiger partial charge is 0.353 e. The summed E-state index contributed by atoms with van der Waals surface area (Å²) in [7, 11) is 1.82. The van der Waals surface area contributed by atoms with E-state index in [-0.39, 0.29) is 24.3 Å². The van der Waals surface area contributed by atoms with Crippen molar-refractivity contribution in [1.82, 2.24) is 15.1 Å². The monoisotopic (exact) mass is 383 g/mol. The maximum Gasteiger partial charge on any atom is 0.237 e. The van der Waals surface area contributed by atoms with E-state index in [9.17, 15) is 9.59 Å². The Balaban J connectivity index is 1.44. The summed E-state index contributed by atoms with van der Waals surface area (Å²) >= 11 is 1.63. The van der Waals surface area contributed by atoms with Crippen LogP contribution >= 0.6 is 11.3 Å². The molecule has 5 nitrogen and oxygen atoms in total. The van der Waals surface area contributed by atoms with Crippen LogP contribution in [0, 0.1) is 0 Å². The maximum atomic E-state index is 12.8. The molecule has 2 heterocycles. The minimum Gasteiger partial charge on any atom is -0.353 e. The van der Waals surface area contributed by atoms with Gasteiger partial charge < -0.3 is 10.2 Å². The molecule has 1 atom stereocenters. The molecule has 0 radical (unpaired) electrons. The second-order valence-corrected chi connectivity index (χ2v) is 8.24. The van der Waals surface area contributed by atoms with Crippen molar-refractivity contribution < 1.29 is 9.59 Å². The quantitative estimate of drug-likeness (QED) is 0.860. The van der Waals surface area contributed by atoms with Gasteiger partial charge >= 0.3 is 0 Å². The SMILES string of the molecule is CN(Cc1ccsc1)C(=O)C[C@H]1C(=O)NCCN1C1Cc2ccccc2C1. The second kappa shape index (κ2) is 7.82. The summed E-state index contributed by atoms with van der Waals surface area (Å²) in [5.41, 5.74) is 3.87. The molecule has 0 saturated carbocycles. The van der Waals surface area contributed by atoms with E-state index in [1.165, 1.54) is 11.1 Å². The van der Waals surface area contributed by atoms with E-state index >= 15 is 0 Å². The first-order valence-corrected chi connectivity index (χ1v) is 10.4. The number of fused-ring (bicyclic) bond motifs is 1. The molecule has 6 heteroatoms. The minimum atomic E-state index is -0.379. The van der Waals surface area contributed by atoms with Gasteiger partial charge in [0.25, 0.3) is 0 Å². The van der Waals surface area contributed by atoms with Gasteiger partial charge in [-0.2, -0.15) is 11.3 Å². The third-order valence-corrected chi connectivity index (χ3v) is 6.40. The lowest BCUT2D eigenvalue weighted by Gasteiger charge is -2.39. The Kier molecular flexibility index (Phi) is 5.27. The number of amides is 2. The highest BCUT2D eigenvalue weighted by Gasteiger charge is 2.38. The topological polar surface area (TPSA) is 52.7 Å². The smallest absolute Gasteiger partial charge is 0.237 e. The highest BCUT2D eigenvalue weighted by molar-refractivity contribution is 7.07. The number of benzene rings is 1. The van der Waals surface area contributed by atoms with Gasteiger partial charge in [0.05, 0.1) is 12.5 Å². The molecule has 1 N–H and O–H groups in total. The van der Waals surface area contributed by atoms with Crippen LogP contribution in [0.4, 0.5) is 0 Å². The van der Waals surface area contributed by atoms with Gasteiger partial charge in [0.2, 0.25) is 11.8 Å². The van der Waals surface area contributed by atoms with E-state index in [4.69, 9.17) is 0 Å². The fourth-order valence-corrected chi connectivity index (χ4v) is 4.88. The van der Waals surface area contributed by atoms with Gasteiger partial charge in [0.15, 0.2) is 0 Å². The molecule has 1 aliphatic carbocycles. The van der Waals surface area contributed by atoms with Crippen LogP contribution in [0.25, 0.3) is 0 Å². The van der Waals surface area contributed by atoms with Crippen molar-refractivity contribution in [2.75, 3.05) is 20.1 Å². The summed E-state index contributed by atoms with van der Waals surface area (Å²) in [6.07, 6.45) is 2.15. The van der Waals surface area contributed by atoms with Gasteiger partial charge in [0, 0.05) is 32.7 Å². The molecular formula is C21H25N3O2S. The Bertz CT molecular complexity index is 796. The Labute approximate surface area is 164 Å². The van der Waals surface area contributed by atoms with Crippen molar-refractivity contribution in [1.29, 1.82) is 0 Å². The van der Waals surface area contributed by atoms with Crippen molar-refractivity contribution in [2.24, 2.45) is 0 Å². The summed E-state index contributed by atoms with van der Waals surface area (Å²) in [5.74, 6) is -0.00162. The predicted octanol–water partition coefficient (Wildman–Crippen LogP) is 2.06. The number of thiophene rings is 1. The minimum absolute atomic E-state index is 0.0174. The maximum absolute atomic E-state index is 12.8. The van der Waals surface area contributed by atoms with Crippen LogP contribution in [0.15, 0.2) is 41.1 Å². The van der Waals surface area contributed by atoms with Crippen LogP contribution in [-0.4, -0.2) is 53.8 Å². The first kappa shape index (κ1) is 18.2. The van der Waals surface area contributed by atoms with Crippen molar-refractivity contribution in [2.45, 2.75) is 37.9 Å². The number of hydrogen-bond acceptors (Lipinski definition) is 4. The van der Waals surface area contributed by atoms with Crippen LogP contribution in [0.2, 0.25) is 0 Å². The van der Waals surface area contributed by atoms with Crippen LogP contribution < -0.4 is 5.32 Å². The third kappa shape index (κ3) is 3.92. The lowest BCUT2D eigenvalue weighted by atomic mass is 10.0. The standard InChI is InChI=1S/C21H25N3O2S/c1-23(13-15-6-9-27-14-15)20(25)12-19-21(26)22-7-8-24(19)18-10-16-4-2-3-5-17(16)11-18/h2-6,9,14,18-19H,7-8,10-13H2,1H3,(H,22,26)/t19-/m0/s1. The average Bonchev–Trinajstić information content (AvgIpc) is 3.32. The molecule has 2 amide bonds. The summed E-state index contributed by atoms with van der Waals surface area (Å²) in [6.45, 7) is 2.04. The molecule has 1 aromatic heterocycles. The molecule has 1 aliphatic heterocycles. The van der Waals surface area contributed by atoms with Crippen molar-refractivity contribution >= 4 is 23.2 Å². The molecular weight excluding hydrogens is 358 g/mol. The van der Waals surface area contributed by atoms with Crippen LogP contribution in [0.1, 0.15) is 23.1 Å². The van der Waals surface area contributed by atoms with E-state index in [1.807, 2.05) is 18.5 Å². The summed E-state index contributed by atoms with van der Waals surface area (Å²) in [6, 6.07) is 10.4. The summed E-state index contributed by atoms with van der Waals surface area (Å²) in [5, 5.41) is 7.02. The van der Waals surface area contributed by atoms with Crippen molar-refractivity contribution in [3.63, 3.8) is 0 Å². The Hall–Kier alpha value is -2.18. The lowest BCUT2D eigenvalue weighted by molar-refractivity contribution is -0.139. The van der Waals surface area contributed by atoms with Gasteiger partial charge in [-0.05, 0) is 46.4 Å². The first-order valence-electron chi connectivity index (χ1n) is 9.47. The normalized spacial score (nSPS) is 20.3. The molecule has 4 rings (SSSR count). The predicted molar refractivity (Wildman–Crippen MR) is 107 cm³/mol. The average molecular weight is 384 g/mol. The van der Waals surface area contributed by atoms with Crippen molar-refractivity contribution in [3.8, 4) is 0 Å². The number of carbonyl (C=O) groups is 2. The van der Waals surface area contributed by atoms with Crippen LogP contribution in [0.3, 0.4) is 0 Å². The Morgan fingerprint density at radius 1 is 1.26 bits per heavy atom. The Morgan fingerprint density at radius 3 is 2.67 bits per heavy atom.